The summed E-state index contributed by atoms with van der Waals surface area (Å²) in [4.78, 5) is 27.9. The van der Waals surface area contributed by atoms with Gasteiger partial charge in [0.15, 0.2) is 17.9 Å². The van der Waals surface area contributed by atoms with Gasteiger partial charge in [0.05, 0.1) is 10.2 Å². The van der Waals surface area contributed by atoms with Crippen molar-refractivity contribution < 1.29 is 19.1 Å². The summed E-state index contributed by atoms with van der Waals surface area (Å²) in [6, 6.07) is 9.91. The van der Waals surface area contributed by atoms with Crippen molar-refractivity contribution in [3.63, 3.8) is 0 Å². The lowest BCUT2D eigenvalue weighted by molar-refractivity contribution is -0.608. The molecule has 0 saturated heterocycles. The predicted molar refractivity (Wildman–Crippen MR) is 91.6 cm³/mol. The van der Waals surface area contributed by atoms with E-state index < -0.39 is 18.5 Å². The summed E-state index contributed by atoms with van der Waals surface area (Å²) in [6.07, 6.45) is 1.18. The van der Waals surface area contributed by atoms with Crippen LogP contribution >= 0.6 is 27.3 Å². The van der Waals surface area contributed by atoms with Gasteiger partial charge in [-0.25, -0.2) is 9.78 Å². The van der Waals surface area contributed by atoms with E-state index in [1.165, 1.54) is 35.7 Å². The topological polar surface area (TPSA) is 95.2 Å². The zero-order valence-electron chi connectivity index (χ0n) is 12.1. The number of hydrogen-bond acceptors (Lipinski definition) is 6. The SMILES string of the molecule is O=C(COC(=O)c1cccc[n+]1[O-])Nc1nc2ccc(Br)cc2s1. The van der Waals surface area contributed by atoms with Crippen molar-refractivity contribution in [1.82, 2.24) is 4.98 Å². The van der Waals surface area contributed by atoms with Crippen LogP contribution in [0.15, 0.2) is 47.1 Å². The van der Waals surface area contributed by atoms with Crippen LogP contribution in [0, 0.1) is 5.21 Å². The van der Waals surface area contributed by atoms with Crippen molar-refractivity contribution in [2.24, 2.45) is 0 Å². The molecule has 9 heteroatoms. The molecule has 1 amide bonds. The number of halogens is 1. The van der Waals surface area contributed by atoms with Crippen LogP contribution in [0.3, 0.4) is 0 Å². The van der Waals surface area contributed by atoms with E-state index in [0.29, 0.717) is 9.86 Å². The number of esters is 1. The van der Waals surface area contributed by atoms with E-state index >= 15 is 0 Å². The number of benzene rings is 1. The van der Waals surface area contributed by atoms with Crippen LogP contribution in [-0.2, 0) is 9.53 Å². The van der Waals surface area contributed by atoms with Gasteiger partial charge in [0.1, 0.15) is 0 Å². The summed E-state index contributed by atoms with van der Waals surface area (Å²) in [6.45, 7) is -0.507. The minimum atomic E-state index is -0.867. The van der Waals surface area contributed by atoms with E-state index in [1.54, 1.807) is 0 Å². The maximum Gasteiger partial charge on any atom is 0.405 e. The van der Waals surface area contributed by atoms with Gasteiger partial charge in [-0.3, -0.25) is 10.1 Å². The highest BCUT2D eigenvalue weighted by atomic mass is 79.9. The zero-order chi connectivity index (χ0) is 17.1. The fourth-order valence-electron chi connectivity index (χ4n) is 1.90. The van der Waals surface area contributed by atoms with E-state index in [0.717, 1.165) is 14.7 Å². The normalized spacial score (nSPS) is 10.5. The Morgan fingerprint density at radius 2 is 2.17 bits per heavy atom. The standard InChI is InChI=1S/C15H10BrN3O4S/c16-9-4-5-10-12(7-9)24-15(17-10)18-13(20)8-23-14(21)11-3-1-2-6-19(11)22/h1-7H,8H2,(H,17,18,20). The number of fused-ring (bicyclic) bond motifs is 1. The molecule has 7 nitrogen and oxygen atoms in total. The number of anilines is 1. The quantitative estimate of drug-likeness (QED) is 0.407. The molecule has 24 heavy (non-hydrogen) atoms. The molecule has 0 radical (unpaired) electrons. The van der Waals surface area contributed by atoms with Gasteiger partial charge >= 0.3 is 11.7 Å². The van der Waals surface area contributed by atoms with Gasteiger partial charge in [0.25, 0.3) is 5.91 Å². The van der Waals surface area contributed by atoms with Crippen molar-refractivity contribution in [3.8, 4) is 0 Å². The molecule has 1 N–H and O–H groups in total. The Balaban J connectivity index is 1.61. The van der Waals surface area contributed by atoms with E-state index in [4.69, 9.17) is 4.74 Å². The largest absolute Gasteiger partial charge is 0.618 e. The number of rotatable bonds is 4. The first kappa shape index (κ1) is 16.3. The minimum absolute atomic E-state index is 0.185. The van der Waals surface area contributed by atoms with Crippen LogP contribution in [0.5, 0.6) is 0 Å². The molecule has 0 spiro atoms. The van der Waals surface area contributed by atoms with Crippen LogP contribution in [0.1, 0.15) is 10.5 Å². The van der Waals surface area contributed by atoms with E-state index in [-0.39, 0.29) is 5.69 Å². The smallest absolute Gasteiger partial charge is 0.405 e. The molecule has 2 aromatic heterocycles. The molecule has 0 aliphatic rings. The molecule has 3 rings (SSSR count). The van der Waals surface area contributed by atoms with Crippen LogP contribution in [0.2, 0.25) is 0 Å². The van der Waals surface area contributed by atoms with E-state index in [1.807, 2.05) is 18.2 Å². The molecular formula is C15H10BrN3O4S. The first-order valence-corrected chi connectivity index (χ1v) is 8.35. The second-order valence-electron chi connectivity index (χ2n) is 4.67. The van der Waals surface area contributed by atoms with Gasteiger partial charge in [-0.1, -0.05) is 27.3 Å². The lowest BCUT2D eigenvalue weighted by atomic mass is 10.3. The monoisotopic (exact) mass is 407 g/mol. The molecule has 0 atom stereocenters. The Morgan fingerprint density at radius 1 is 1.33 bits per heavy atom. The highest BCUT2D eigenvalue weighted by Crippen LogP contribution is 2.28. The molecule has 2 heterocycles. The summed E-state index contributed by atoms with van der Waals surface area (Å²) < 4.78 is 7.04. The number of nitrogens with one attached hydrogen (secondary N) is 1. The number of thiazole rings is 1. The van der Waals surface area contributed by atoms with Crippen molar-refractivity contribution in [1.29, 1.82) is 0 Å². The summed E-state index contributed by atoms with van der Waals surface area (Å²) in [5.41, 5.74) is 0.572. The number of carbonyl (C=O) groups is 2. The summed E-state index contributed by atoms with van der Waals surface area (Å²) in [7, 11) is 0. The van der Waals surface area contributed by atoms with Crippen LogP contribution in [-0.4, -0.2) is 23.5 Å². The Labute approximate surface area is 148 Å². The number of amides is 1. The Kier molecular flexibility index (Phi) is 4.72. The van der Waals surface area contributed by atoms with Crippen molar-refractivity contribution in [2.45, 2.75) is 0 Å². The second kappa shape index (κ2) is 6.93. The van der Waals surface area contributed by atoms with E-state index in [9.17, 15) is 14.8 Å². The second-order valence-corrected chi connectivity index (χ2v) is 6.61. The maximum absolute atomic E-state index is 11.9. The Bertz CT molecular complexity index is 928. The first-order chi connectivity index (χ1) is 11.5. The minimum Gasteiger partial charge on any atom is -0.618 e. The highest BCUT2D eigenvalue weighted by molar-refractivity contribution is 9.10. The third-order valence-electron chi connectivity index (χ3n) is 2.96. The number of nitrogens with zero attached hydrogens (tertiary/aromatic N) is 2. The average molecular weight is 408 g/mol. The Morgan fingerprint density at radius 3 is 2.96 bits per heavy atom. The molecule has 0 aliphatic carbocycles. The van der Waals surface area contributed by atoms with Crippen molar-refractivity contribution in [2.75, 3.05) is 11.9 Å². The van der Waals surface area contributed by atoms with Crippen LogP contribution in [0.4, 0.5) is 5.13 Å². The average Bonchev–Trinajstić information content (AvgIpc) is 2.94. The summed E-state index contributed by atoms with van der Waals surface area (Å²) >= 11 is 4.67. The van der Waals surface area contributed by atoms with Gasteiger partial charge in [-0.2, -0.15) is 4.73 Å². The maximum atomic E-state index is 11.9. The molecule has 0 saturated carbocycles. The molecular weight excluding hydrogens is 398 g/mol. The van der Waals surface area contributed by atoms with E-state index in [2.05, 4.69) is 26.2 Å². The molecule has 0 unspecified atom stereocenters. The van der Waals surface area contributed by atoms with Gasteiger partial charge in [0.2, 0.25) is 0 Å². The highest BCUT2D eigenvalue weighted by Gasteiger charge is 2.18. The lowest BCUT2D eigenvalue weighted by Crippen LogP contribution is -2.35. The lowest BCUT2D eigenvalue weighted by Gasteiger charge is -2.04. The zero-order valence-corrected chi connectivity index (χ0v) is 14.5. The van der Waals surface area contributed by atoms with Crippen LogP contribution in [0.25, 0.3) is 10.2 Å². The third-order valence-corrected chi connectivity index (χ3v) is 4.39. The van der Waals surface area contributed by atoms with Crippen molar-refractivity contribution >= 4 is 54.5 Å². The van der Waals surface area contributed by atoms with Crippen LogP contribution < -0.4 is 10.0 Å². The van der Waals surface area contributed by atoms with Gasteiger partial charge in [0, 0.05) is 16.6 Å². The number of aromatic nitrogens is 2. The van der Waals surface area contributed by atoms with Crippen molar-refractivity contribution in [3.05, 3.63) is 58.0 Å². The first-order valence-electron chi connectivity index (χ1n) is 6.74. The number of ether oxygens (including phenoxy) is 1. The number of hydrogen-bond donors (Lipinski definition) is 1. The molecule has 122 valence electrons. The Hall–Kier alpha value is -2.52. The number of pyridine rings is 1. The van der Waals surface area contributed by atoms with Gasteiger partial charge in [-0.05, 0) is 24.3 Å². The fourth-order valence-corrected chi connectivity index (χ4v) is 3.33. The molecule has 3 aromatic rings. The molecule has 0 aliphatic heterocycles. The number of carbonyl (C=O) groups excluding carboxylic acids is 2. The summed E-state index contributed by atoms with van der Waals surface area (Å²) in [5.74, 6) is -1.40. The summed E-state index contributed by atoms with van der Waals surface area (Å²) in [5, 5.41) is 14.4. The van der Waals surface area contributed by atoms with Gasteiger partial charge < -0.3 is 9.94 Å². The molecule has 1 aromatic carbocycles. The molecule has 0 bridgehead atoms. The predicted octanol–water partition coefficient (Wildman–Crippen LogP) is 2.49. The fraction of sp³-hybridized carbons (Fsp3) is 0.0667. The molecule has 0 fully saturated rings. The van der Waals surface area contributed by atoms with Gasteiger partial charge in [-0.15, -0.1) is 0 Å². The third kappa shape index (κ3) is 3.69.